The van der Waals surface area contributed by atoms with Crippen LogP contribution in [0.4, 0.5) is 0 Å². The summed E-state index contributed by atoms with van der Waals surface area (Å²) >= 11 is 1.74. The zero-order chi connectivity index (χ0) is 18.1. The number of para-hydroxylation sites is 1. The molecule has 4 aromatic rings. The number of fused-ring (bicyclic) bond motifs is 1. The van der Waals surface area contributed by atoms with Gasteiger partial charge in [0.25, 0.3) is 0 Å². The Balaban J connectivity index is 1.64. The van der Waals surface area contributed by atoms with Crippen molar-refractivity contribution in [1.29, 1.82) is 0 Å². The summed E-state index contributed by atoms with van der Waals surface area (Å²) in [5.41, 5.74) is 9.88. The van der Waals surface area contributed by atoms with Crippen LogP contribution in [0, 0.1) is 0 Å². The normalized spacial score (nSPS) is 14.1. The predicted octanol–water partition coefficient (Wildman–Crippen LogP) is 5.56. The van der Waals surface area contributed by atoms with E-state index in [9.17, 15) is 0 Å². The monoisotopic (exact) mass is 367 g/mol. The number of allylic oxidation sites excluding steroid dienone is 1. The van der Waals surface area contributed by atoms with Gasteiger partial charge in [-0.25, -0.2) is 4.98 Å². The lowest BCUT2D eigenvalue weighted by atomic mass is 9.97. The van der Waals surface area contributed by atoms with Gasteiger partial charge in [-0.1, -0.05) is 72.8 Å². The minimum Gasteiger partial charge on any atom is -0.277 e. The molecule has 2 heterocycles. The fraction of sp³-hybridized carbons (Fsp3) is 0.0435. The first kappa shape index (κ1) is 16.0. The molecule has 0 atom stereocenters. The Labute approximate surface area is 161 Å². The molecular formula is C23H17N3S. The van der Waals surface area contributed by atoms with Gasteiger partial charge in [-0.3, -0.25) is 5.43 Å². The summed E-state index contributed by atoms with van der Waals surface area (Å²) in [5.74, 6) is 0. The maximum Gasteiger partial charge on any atom is 0.123 e. The summed E-state index contributed by atoms with van der Waals surface area (Å²) < 4.78 is 1.20. The number of hydrazone groups is 1. The van der Waals surface area contributed by atoms with E-state index >= 15 is 0 Å². The van der Waals surface area contributed by atoms with Crippen molar-refractivity contribution in [3.63, 3.8) is 0 Å². The van der Waals surface area contributed by atoms with Crippen LogP contribution in [0.2, 0.25) is 0 Å². The first-order valence-corrected chi connectivity index (χ1v) is 9.72. The predicted molar refractivity (Wildman–Crippen MR) is 114 cm³/mol. The topological polar surface area (TPSA) is 37.3 Å². The molecule has 0 saturated carbocycles. The number of thiazole rings is 1. The minimum absolute atomic E-state index is 0.751. The highest BCUT2D eigenvalue weighted by Gasteiger charge is 2.22. The molecule has 3 nitrogen and oxygen atoms in total. The van der Waals surface area contributed by atoms with Crippen LogP contribution >= 0.6 is 11.3 Å². The summed E-state index contributed by atoms with van der Waals surface area (Å²) in [6.07, 6.45) is 0.751. The highest BCUT2D eigenvalue weighted by atomic mass is 32.1. The average Bonchev–Trinajstić information content (AvgIpc) is 3.19. The van der Waals surface area contributed by atoms with Crippen molar-refractivity contribution in [3.8, 4) is 0 Å². The van der Waals surface area contributed by atoms with Crippen LogP contribution < -0.4 is 5.43 Å². The second kappa shape index (κ2) is 6.82. The van der Waals surface area contributed by atoms with Gasteiger partial charge < -0.3 is 0 Å². The lowest BCUT2D eigenvalue weighted by molar-refractivity contribution is 0.964. The Morgan fingerprint density at radius 1 is 0.741 bits per heavy atom. The molecule has 1 aliphatic rings. The second-order valence-corrected chi connectivity index (χ2v) is 7.45. The fourth-order valence-electron chi connectivity index (χ4n) is 3.31. The Hall–Kier alpha value is -3.24. The zero-order valence-corrected chi connectivity index (χ0v) is 15.4. The molecule has 0 spiro atoms. The third kappa shape index (κ3) is 3.04. The number of benzene rings is 3. The van der Waals surface area contributed by atoms with Crippen LogP contribution in [0.5, 0.6) is 0 Å². The third-order valence-corrected chi connectivity index (χ3v) is 5.77. The van der Waals surface area contributed by atoms with E-state index in [-0.39, 0.29) is 0 Å². The fourth-order valence-corrected chi connectivity index (χ4v) is 4.33. The SMILES string of the molecule is c1ccc(C2=NNC(c3ccccc3)=C(c3nc4ccccc4s3)C2)cc1. The molecule has 0 fully saturated rings. The molecule has 0 saturated heterocycles. The van der Waals surface area contributed by atoms with E-state index < -0.39 is 0 Å². The lowest BCUT2D eigenvalue weighted by Crippen LogP contribution is -2.19. The summed E-state index contributed by atoms with van der Waals surface area (Å²) in [5, 5.41) is 5.72. The molecule has 1 aliphatic heterocycles. The van der Waals surface area contributed by atoms with Gasteiger partial charge in [-0.2, -0.15) is 5.10 Å². The molecule has 1 aromatic heterocycles. The van der Waals surface area contributed by atoms with Crippen LogP contribution in [0.1, 0.15) is 22.6 Å². The molecule has 0 bridgehead atoms. The van der Waals surface area contributed by atoms with E-state index in [1.807, 2.05) is 30.3 Å². The van der Waals surface area contributed by atoms with Crippen molar-refractivity contribution in [2.45, 2.75) is 6.42 Å². The summed E-state index contributed by atoms with van der Waals surface area (Å²) in [6, 6.07) is 29.0. The average molecular weight is 367 g/mol. The molecule has 27 heavy (non-hydrogen) atoms. The van der Waals surface area contributed by atoms with E-state index in [1.165, 1.54) is 10.3 Å². The van der Waals surface area contributed by atoms with E-state index in [4.69, 9.17) is 4.98 Å². The molecule has 1 N–H and O–H groups in total. The van der Waals surface area contributed by atoms with Crippen LogP contribution in [-0.4, -0.2) is 10.7 Å². The van der Waals surface area contributed by atoms with Crippen LogP contribution in [-0.2, 0) is 0 Å². The molecule has 130 valence electrons. The Morgan fingerprint density at radius 2 is 1.41 bits per heavy atom. The van der Waals surface area contributed by atoms with Gasteiger partial charge in [-0.15, -0.1) is 11.3 Å². The van der Waals surface area contributed by atoms with Crippen molar-refractivity contribution >= 4 is 38.5 Å². The maximum absolute atomic E-state index is 4.91. The number of rotatable bonds is 3. The summed E-state index contributed by atoms with van der Waals surface area (Å²) in [4.78, 5) is 4.91. The Bertz CT molecular complexity index is 1120. The number of nitrogens with zero attached hydrogens (tertiary/aromatic N) is 2. The first-order valence-electron chi connectivity index (χ1n) is 8.91. The van der Waals surface area contributed by atoms with Gasteiger partial charge in [0.15, 0.2) is 0 Å². The number of hydrogen-bond donors (Lipinski definition) is 1. The Morgan fingerprint density at radius 3 is 2.15 bits per heavy atom. The summed E-state index contributed by atoms with van der Waals surface area (Å²) in [6.45, 7) is 0. The van der Waals surface area contributed by atoms with Crippen LogP contribution in [0.3, 0.4) is 0 Å². The highest BCUT2D eigenvalue weighted by Crippen LogP contribution is 2.35. The van der Waals surface area contributed by atoms with Gasteiger partial charge in [0.05, 0.1) is 21.6 Å². The molecule has 0 amide bonds. The Kier molecular flexibility index (Phi) is 4.03. The van der Waals surface area contributed by atoms with Crippen LogP contribution in [0.15, 0.2) is 90.0 Å². The van der Waals surface area contributed by atoms with E-state index in [2.05, 4.69) is 65.1 Å². The van der Waals surface area contributed by atoms with Gasteiger partial charge in [0, 0.05) is 12.0 Å². The quantitative estimate of drug-likeness (QED) is 0.514. The van der Waals surface area contributed by atoms with Gasteiger partial charge >= 0.3 is 0 Å². The minimum atomic E-state index is 0.751. The van der Waals surface area contributed by atoms with Crippen molar-refractivity contribution in [2.75, 3.05) is 0 Å². The van der Waals surface area contributed by atoms with E-state index in [0.717, 1.165) is 39.5 Å². The molecule has 0 radical (unpaired) electrons. The maximum atomic E-state index is 4.91. The molecule has 0 unspecified atom stereocenters. The van der Waals surface area contributed by atoms with E-state index in [0.29, 0.717) is 0 Å². The molecule has 5 rings (SSSR count). The van der Waals surface area contributed by atoms with Gasteiger partial charge in [0.1, 0.15) is 5.01 Å². The zero-order valence-electron chi connectivity index (χ0n) is 14.6. The van der Waals surface area contributed by atoms with Crippen molar-refractivity contribution in [2.24, 2.45) is 5.10 Å². The second-order valence-electron chi connectivity index (χ2n) is 6.42. The molecule has 4 heteroatoms. The summed E-state index contributed by atoms with van der Waals surface area (Å²) in [7, 11) is 0. The molecule has 0 aliphatic carbocycles. The van der Waals surface area contributed by atoms with Gasteiger partial charge in [-0.05, 0) is 23.3 Å². The number of aromatic nitrogens is 1. The molecular weight excluding hydrogens is 350 g/mol. The van der Waals surface area contributed by atoms with Crippen molar-refractivity contribution in [1.82, 2.24) is 10.4 Å². The van der Waals surface area contributed by atoms with Crippen LogP contribution in [0.25, 0.3) is 21.5 Å². The van der Waals surface area contributed by atoms with Crippen molar-refractivity contribution < 1.29 is 0 Å². The number of hydrogen-bond acceptors (Lipinski definition) is 4. The van der Waals surface area contributed by atoms with E-state index in [1.54, 1.807) is 11.3 Å². The molecule has 3 aromatic carbocycles. The number of nitrogens with one attached hydrogen (secondary N) is 1. The van der Waals surface area contributed by atoms with Gasteiger partial charge in [0.2, 0.25) is 0 Å². The highest BCUT2D eigenvalue weighted by molar-refractivity contribution is 7.19. The largest absolute Gasteiger partial charge is 0.277 e. The smallest absolute Gasteiger partial charge is 0.123 e. The van der Waals surface area contributed by atoms with Crippen molar-refractivity contribution in [3.05, 3.63) is 101 Å². The third-order valence-electron chi connectivity index (χ3n) is 4.67. The lowest BCUT2D eigenvalue weighted by Gasteiger charge is -2.20. The first-order chi connectivity index (χ1) is 13.4. The standard InChI is InChI=1S/C23H17N3S/c1-3-9-16(10-4-1)20-15-18(22(26-25-20)17-11-5-2-6-12-17)23-24-19-13-7-8-14-21(19)27-23/h1-14,26H,15H2.